The van der Waals surface area contributed by atoms with E-state index >= 15 is 0 Å². The number of aliphatic hydroxyl groups excluding tert-OH is 1. The summed E-state index contributed by atoms with van der Waals surface area (Å²) in [6, 6.07) is 1.44. The molecule has 0 aliphatic carbocycles. The molecule has 0 bridgehead atoms. The molecule has 0 aromatic carbocycles. The minimum Gasteiger partial charge on any atom is -0.394 e. The van der Waals surface area contributed by atoms with E-state index < -0.39 is 32.3 Å². The van der Waals surface area contributed by atoms with Crippen LogP contribution in [0.1, 0.15) is 110 Å². The molecule has 0 fully saturated rings. The molecule has 1 aromatic heterocycles. The van der Waals surface area contributed by atoms with Crippen LogP contribution in [0.4, 0.5) is 5.82 Å². The zero-order valence-corrected chi connectivity index (χ0v) is 25.0. The fourth-order valence-electron chi connectivity index (χ4n) is 4.29. The van der Waals surface area contributed by atoms with Gasteiger partial charge in [0.2, 0.25) is 0 Å². The first-order valence-electron chi connectivity index (χ1n) is 15.0. The van der Waals surface area contributed by atoms with E-state index in [0.29, 0.717) is 6.61 Å². The first kappa shape index (κ1) is 35.7. The van der Waals surface area contributed by atoms with Gasteiger partial charge in [0.05, 0.1) is 32.5 Å². The average Bonchev–Trinajstić information content (AvgIpc) is 2.91. The lowest BCUT2D eigenvalue weighted by molar-refractivity contribution is 0.0147. The summed E-state index contributed by atoms with van der Waals surface area (Å²) < 4.78 is 29.2. The summed E-state index contributed by atoms with van der Waals surface area (Å²) in [6.07, 6.45) is 21.1. The Hall–Kier alpha value is -1.29. The van der Waals surface area contributed by atoms with E-state index in [2.05, 4.69) is 11.9 Å². The van der Waals surface area contributed by atoms with Crippen LogP contribution in [-0.2, 0) is 25.1 Å². The molecule has 0 radical (unpaired) electrons. The largest absolute Gasteiger partial charge is 0.394 e. The molecule has 2 atom stereocenters. The minimum atomic E-state index is -4.01. The van der Waals surface area contributed by atoms with Gasteiger partial charge in [-0.2, -0.15) is 4.98 Å². The number of rotatable bonds is 27. The van der Waals surface area contributed by atoms with Gasteiger partial charge in [-0.1, -0.05) is 103 Å². The van der Waals surface area contributed by atoms with Crippen LogP contribution in [0.3, 0.4) is 0 Å². The highest BCUT2D eigenvalue weighted by Gasteiger charge is 2.22. The zero-order valence-electron chi connectivity index (χ0n) is 24.1. The Bertz CT molecular complexity index is 825. The first-order chi connectivity index (χ1) is 18.9. The maximum atomic E-state index is 12.2. The van der Waals surface area contributed by atoms with Gasteiger partial charge in [-0.25, -0.2) is 4.79 Å². The molecule has 4 N–H and O–H groups in total. The van der Waals surface area contributed by atoms with Gasteiger partial charge in [0.15, 0.2) is 0 Å². The van der Waals surface area contributed by atoms with Gasteiger partial charge in [0.1, 0.15) is 12.2 Å². The molecule has 0 aliphatic rings. The van der Waals surface area contributed by atoms with Gasteiger partial charge in [0.25, 0.3) is 0 Å². The van der Waals surface area contributed by atoms with E-state index in [9.17, 15) is 19.4 Å². The number of hydrogen-bond acceptors (Lipinski definition) is 8. The third-order valence-electron chi connectivity index (χ3n) is 6.64. The molecular weight excluding hydrogens is 521 g/mol. The summed E-state index contributed by atoms with van der Waals surface area (Å²) in [7, 11) is -4.01. The highest BCUT2D eigenvalue weighted by Crippen LogP contribution is 2.41. The average molecular weight is 576 g/mol. The monoisotopic (exact) mass is 575 g/mol. The number of nitrogen functional groups attached to an aromatic ring is 1. The number of anilines is 1. The van der Waals surface area contributed by atoms with Gasteiger partial charge >= 0.3 is 13.3 Å². The lowest BCUT2D eigenvalue weighted by Gasteiger charge is -2.19. The summed E-state index contributed by atoms with van der Waals surface area (Å²) in [5.41, 5.74) is 4.85. The second kappa shape index (κ2) is 23.4. The Kier molecular flexibility index (Phi) is 21.5. The van der Waals surface area contributed by atoms with Crippen molar-refractivity contribution in [2.75, 3.05) is 38.5 Å². The third kappa shape index (κ3) is 20.3. The summed E-state index contributed by atoms with van der Waals surface area (Å²) in [6.45, 7) is 2.58. The molecule has 10 nitrogen and oxygen atoms in total. The number of hydrogen-bond donors (Lipinski definition) is 3. The van der Waals surface area contributed by atoms with Gasteiger partial charge in [-0.15, -0.1) is 0 Å². The maximum absolute atomic E-state index is 12.2. The van der Waals surface area contributed by atoms with E-state index in [0.717, 1.165) is 12.8 Å². The fourth-order valence-corrected chi connectivity index (χ4v) is 5.13. The molecule has 1 unspecified atom stereocenters. The number of ether oxygens (including phenoxy) is 2. The smallest absolute Gasteiger partial charge is 0.353 e. The van der Waals surface area contributed by atoms with Crippen molar-refractivity contribution in [3.05, 3.63) is 22.7 Å². The van der Waals surface area contributed by atoms with Gasteiger partial charge in [-0.05, 0) is 12.5 Å². The van der Waals surface area contributed by atoms with Gasteiger partial charge in [-0.3, -0.25) is 9.13 Å². The Labute approximate surface area is 235 Å². The second-order valence-electron chi connectivity index (χ2n) is 10.3. The van der Waals surface area contributed by atoms with E-state index in [4.69, 9.17) is 19.7 Å². The molecular formula is C28H54N3O7P. The van der Waals surface area contributed by atoms with Crippen molar-refractivity contribution >= 4 is 13.4 Å². The van der Waals surface area contributed by atoms with E-state index in [1.165, 1.54) is 107 Å². The standard InChI is InChI=1S/C28H54N3O7P/c1-2-3-4-5-6-7-8-9-10-11-12-13-14-15-16-17-20-36-21-22-38-39(34,35)25-37-26(24-32)23-31-19-18-27(29)30-28(31)33/h18-19,26,32H,2-17,20-25H2,1H3,(H,34,35)(H2,29,30,33)/t26-/m0/s1. The van der Waals surface area contributed by atoms with Crippen molar-refractivity contribution in [2.45, 2.75) is 122 Å². The van der Waals surface area contributed by atoms with Crippen LogP contribution in [-0.4, -0.2) is 58.4 Å². The van der Waals surface area contributed by atoms with Crippen molar-refractivity contribution in [1.82, 2.24) is 9.55 Å². The predicted octanol–water partition coefficient (Wildman–Crippen LogP) is 5.64. The second-order valence-corrected chi connectivity index (χ2v) is 12.1. The highest BCUT2D eigenvalue weighted by atomic mass is 31.2. The van der Waals surface area contributed by atoms with Crippen molar-refractivity contribution in [1.29, 1.82) is 0 Å². The Morgan fingerprint density at radius 2 is 1.44 bits per heavy atom. The molecule has 1 heterocycles. The topological polar surface area (TPSA) is 146 Å². The van der Waals surface area contributed by atoms with Crippen LogP contribution >= 0.6 is 7.60 Å². The van der Waals surface area contributed by atoms with Gasteiger partial charge < -0.3 is 29.7 Å². The molecule has 0 saturated heterocycles. The Morgan fingerprint density at radius 3 is 1.95 bits per heavy atom. The van der Waals surface area contributed by atoms with Crippen molar-refractivity contribution in [3.8, 4) is 0 Å². The molecule has 1 rings (SSSR count). The maximum Gasteiger partial charge on any atom is 0.353 e. The molecule has 0 spiro atoms. The van der Waals surface area contributed by atoms with Crippen LogP contribution in [0.2, 0.25) is 0 Å². The third-order valence-corrected chi connectivity index (χ3v) is 7.70. The summed E-state index contributed by atoms with van der Waals surface area (Å²) in [4.78, 5) is 25.3. The quantitative estimate of drug-likeness (QED) is 0.0895. The summed E-state index contributed by atoms with van der Waals surface area (Å²) >= 11 is 0. The predicted molar refractivity (Wildman–Crippen MR) is 156 cm³/mol. The van der Waals surface area contributed by atoms with E-state index in [1.54, 1.807) is 0 Å². The van der Waals surface area contributed by atoms with Crippen LogP contribution < -0.4 is 11.4 Å². The number of aromatic nitrogens is 2. The molecule has 0 amide bonds. The molecule has 228 valence electrons. The Morgan fingerprint density at radius 1 is 0.897 bits per heavy atom. The molecule has 11 heteroatoms. The van der Waals surface area contributed by atoms with Crippen LogP contribution in [0.15, 0.2) is 17.1 Å². The zero-order chi connectivity index (χ0) is 28.6. The lowest BCUT2D eigenvalue weighted by atomic mass is 10.0. The molecule has 1 aromatic rings. The number of nitrogens with zero attached hydrogens (tertiary/aromatic N) is 2. The Balaban J connectivity index is 1.92. The van der Waals surface area contributed by atoms with Crippen LogP contribution in [0.25, 0.3) is 0 Å². The lowest BCUT2D eigenvalue weighted by Crippen LogP contribution is -2.32. The number of nitrogens with two attached hydrogens (primary N) is 1. The van der Waals surface area contributed by atoms with Crippen molar-refractivity contribution in [2.24, 2.45) is 0 Å². The molecule has 0 aliphatic heterocycles. The van der Waals surface area contributed by atoms with Gasteiger partial charge in [0, 0.05) is 12.8 Å². The minimum absolute atomic E-state index is 0.0267. The number of unbranched alkanes of at least 4 members (excludes halogenated alkanes) is 15. The summed E-state index contributed by atoms with van der Waals surface area (Å²) in [5, 5.41) is 9.46. The van der Waals surface area contributed by atoms with E-state index in [1.807, 2.05) is 0 Å². The van der Waals surface area contributed by atoms with Crippen LogP contribution in [0.5, 0.6) is 0 Å². The van der Waals surface area contributed by atoms with E-state index in [-0.39, 0.29) is 25.6 Å². The SMILES string of the molecule is CCCCCCCCCCCCCCCCCCOCCOP(=O)(O)CO[C@H](CO)Cn1ccc(N)nc1=O. The fraction of sp³-hybridized carbons (Fsp3) is 0.857. The molecule has 0 saturated carbocycles. The van der Waals surface area contributed by atoms with Crippen molar-refractivity contribution in [3.63, 3.8) is 0 Å². The van der Waals surface area contributed by atoms with Crippen molar-refractivity contribution < 1.29 is 28.6 Å². The highest BCUT2D eigenvalue weighted by molar-refractivity contribution is 7.52. The van der Waals surface area contributed by atoms with Crippen LogP contribution in [0, 0.1) is 0 Å². The first-order valence-corrected chi connectivity index (χ1v) is 16.7. The number of aliphatic hydroxyl groups is 1. The summed E-state index contributed by atoms with van der Waals surface area (Å²) in [5.74, 6) is 0.0861. The normalized spacial score (nSPS) is 13.9. The molecule has 39 heavy (non-hydrogen) atoms.